The highest BCUT2D eigenvalue weighted by Crippen LogP contribution is 2.18. The number of aliphatic hydroxyl groups is 1. The summed E-state index contributed by atoms with van der Waals surface area (Å²) in [6.45, 7) is 7.19. The Balaban J connectivity index is 2.46. The predicted octanol–water partition coefficient (Wildman–Crippen LogP) is 2.04. The van der Waals surface area contributed by atoms with Crippen molar-refractivity contribution in [3.05, 3.63) is 29.6 Å². The van der Waals surface area contributed by atoms with Crippen LogP contribution in [0.5, 0.6) is 5.75 Å². The van der Waals surface area contributed by atoms with Gasteiger partial charge in [0, 0.05) is 6.54 Å². The molecule has 0 bridgehead atoms. The van der Waals surface area contributed by atoms with E-state index in [4.69, 9.17) is 9.84 Å². The summed E-state index contributed by atoms with van der Waals surface area (Å²) in [6, 6.07) is 4.52. The second kappa shape index (κ2) is 7.25. The highest BCUT2D eigenvalue weighted by atomic mass is 19.1. The third kappa shape index (κ3) is 4.32. The Hall–Kier alpha value is -1.13. The number of nitrogens with zero attached hydrogens (tertiary/aromatic N) is 1. The second-order valence-electron chi connectivity index (χ2n) is 3.80. The average molecular weight is 241 g/mol. The smallest absolute Gasteiger partial charge is 0.165 e. The van der Waals surface area contributed by atoms with Gasteiger partial charge >= 0.3 is 0 Å². The summed E-state index contributed by atoms with van der Waals surface area (Å²) >= 11 is 0. The summed E-state index contributed by atoms with van der Waals surface area (Å²) in [5, 5.41) is 8.85. The lowest BCUT2D eigenvalue weighted by Gasteiger charge is -2.18. The van der Waals surface area contributed by atoms with Crippen LogP contribution in [-0.4, -0.2) is 36.2 Å². The number of rotatable bonds is 7. The van der Waals surface area contributed by atoms with Crippen LogP contribution >= 0.6 is 0 Å². The first-order chi connectivity index (χ1) is 8.21. The molecule has 0 heterocycles. The molecule has 1 rings (SSSR count). The lowest BCUT2D eigenvalue weighted by molar-refractivity contribution is 0.217. The molecule has 0 aliphatic rings. The second-order valence-corrected chi connectivity index (χ2v) is 3.80. The summed E-state index contributed by atoms with van der Waals surface area (Å²) in [7, 11) is 0. The normalized spacial score (nSPS) is 10.9. The molecular formula is C13H20FNO2. The Labute approximate surface area is 102 Å². The highest BCUT2D eigenvalue weighted by molar-refractivity contribution is 5.28. The molecule has 3 nitrogen and oxygen atoms in total. The molecule has 0 saturated carbocycles. The molecule has 1 aromatic carbocycles. The van der Waals surface area contributed by atoms with Crippen LogP contribution in [0.15, 0.2) is 18.2 Å². The van der Waals surface area contributed by atoms with E-state index in [2.05, 4.69) is 18.7 Å². The lowest BCUT2D eigenvalue weighted by Crippen LogP contribution is -2.28. The van der Waals surface area contributed by atoms with Gasteiger partial charge in [0.25, 0.3) is 0 Å². The molecule has 17 heavy (non-hydrogen) atoms. The molecule has 0 spiro atoms. The lowest BCUT2D eigenvalue weighted by atomic mass is 10.2. The first kappa shape index (κ1) is 13.9. The molecule has 0 fully saturated rings. The Morgan fingerprint density at radius 2 is 2.00 bits per heavy atom. The van der Waals surface area contributed by atoms with Gasteiger partial charge in [-0.2, -0.15) is 0 Å². The van der Waals surface area contributed by atoms with E-state index in [-0.39, 0.29) is 12.4 Å². The Bertz CT molecular complexity index is 340. The van der Waals surface area contributed by atoms with Crippen LogP contribution in [-0.2, 0) is 6.61 Å². The third-order valence-electron chi connectivity index (χ3n) is 2.74. The number of aliphatic hydroxyl groups excluding tert-OH is 1. The van der Waals surface area contributed by atoms with Crippen molar-refractivity contribution in [1.82, 2.24) is 4.90 Å². The van der Waals surface area contributed by atoms with Crippen molar-refractivity contribution in [1.29, 1.82) is 0 Å². The molecule has 0 radical (unpaired) electrons. The van der Waals surface area contributed by atoms with Crippen molar-refractivity contribution in [3.8, 4) is 5.75 Å². The van der Waals surface area contributed by atoms with Crippen LogP contribution in [0, 0.1) is 5.82 Å². The third-order valence-corrected chi connectivity index (χ3v) is 2.74. The minimum Gasteiger partial charge on any atom is -0.489 e. The van der Waals surface area contributed by atoms with Crippen LogP contribution < -0.4 is 4.74 Å². The van der Waals surface area contributed by atoms with E-state index in [1.807, 2.05) is 0 Å². The van der Waals surface area contributed by atoms with Gasteiger partial charge in [-0.15, -0.1) is 0 Å². The van der Waals surface area contributed by atoms with Gasteiger partial charge in [-0.1, -0.05) is 19.9 Å². The molecular weight excluding hydrogens is 221 g/mol. The maximum Gasteiger partial charge on any atom is 0.165 e. The largest absolute Gasteiger partial charge is 0.489 e. The standard InChI is InChI=1S/C13H20FNO2/c1-3-15(4-2)7-8-17-13-6-5-11(10-16)9-12(13)14/h5-6,9,16H,3-4,7-8,10H2,1-2H3. The first-order valence-electron chi connectivity index (χ1n) is 5.95. The SMILES string of the molecule is CCN(CC)CCOc1ccc(CO)cc1F. The molecule has 0 atom stereocenters. The van der Waals surface area contributed by atoms with Crippen LogP contribution in [0.2, 0.25) is 0 Å². The highest BCUT2D eigenvalue weighted by Gasteiger charge is 2.05. The number of hydrogen-bond donors (Lipinski definition) is 1. The van der Waals surface area contributed by atoms with Crippen molar-refractivity contribution in [2.24, 2.45) is 0 Å². The maximum atomic E-state index is 13.5. The summed E-state index contributed by atoms with van der Waals surface area (Å²) < 4.78 is 18.8. The maximum absolute atomic E-state index is 13.5. The number of ether oxygens (including phenoxy) is 1. The van der Waals surface area contributed by atoms with Crippen molar-refractivity contribution in [3.63, 3.8) is 0 Å². The topological polar surface area (TPSA) is 32.7 Å². The molecule has 0 aliphatic heterocycles. The summed E-state index contributed by atoms with van der Waals surface area (Å²) in [5.41, 5.74) is 0.554. The summed E-state index contributed by atoms with van der Waals surface area (Å²) in [6.07, 6.45) is 0. The van der Waals surface area contributed by atoms with Crippen LogP contribution in [0.4, 0.5) is 4.39 Å². The van der Waals surface area contributed by atoms with E-state index in [9.17, 15) is 4.39 Å². The van der Waals surface area contributed by atoms with Crippen molar-refractivity contribution < 1.29 is 14.2 Å². The predicted molar refractivity (Wildman–Crippen MR) is 65.6 cm³/mol. The van der Waals surface area contributed by atoms with Crippen molar-refractivity contribution in [2.45, 2.75) is 20.5 Å². The van der Waals surface area contributed by atoms with Gasteiger partial charge in [-0.05, 0) is 30.8 Å². The minimum atomic E-state index is -0.420. The quantitative estimate of drug-likeness (QED) is 0.793. The van der Waals surface area contributed by atoms with Gasteiger partial charge in [0.2, 0.25) is 0 Å². The molecule has 4 heteroatoms. The monoisotopic (exact) mass is 241 g/mol. The summed E-state index contributed by atoms with van der Waals surface area (Å²) in [5.74, 6) is -0.176. The van der Waals surface area contributed by atoms with Crippen LogP contribution in [0.3, 0.4) is 0 Å². The van der Waals surface area contributed by atoms with Gasteiger partial charge in [-0.25, -0.2) is 4.39 Å². The first-order valence-corrected chi connectivity index (χ1v) is 5.95. The fraction of sp³-hybridized carbons (Fsp3) is 0.538. The van der Waals surface area contributed by atoms with Crippen LogP contribution in [0.25, 0.3) is 0 Å². The molecule has 0 aromatic heterocycles. The van der Waals surface area contributed by atoms with Crippen LogP contribution in [0.1, 0.15) is 19.4 Å². The molecule has 0 saturated heterocycles. The van der Waals surface area contributed by atoms with Gasteiger partial charge in [0.1, 0.15) is 6.61 Å². The molecule has 96 valence electrons. The molecule has 0 aliphatic carbocycles. The van der Waals surface area contributed by atoms with Gasteiger partial charge in [0.15, 0.2) is 11.6 Å². The Kier molecular flexibility index (Phi) is 5.94. The number of likely N-dealkylation sites (N-methyl/N-ethyl adjacent to an activating group) is 1. The number of halogens is 1. The zero-order chi connectivity index (χ0) is 12.7. The minimum absolute atomic E-state index is 0.156. The van der Waals surface area contributed by atoms with Gasteiger partial charge in [-0.3, -0.25) is 0 Å². The molecule has 0 amide bonds. The van der Waals surface area contributed by atoms with E-state index >= 15 is 0 Å². The van der Waals surface area contributed by atoms with E-state index in [1.54, 1.807) is 12.1 Å². The Morgan fingerprint density at radius 3 is 2.53 bits per heavy atom. The van der Waals surface area contributed by atoms with Crippen molar-refractivity contribution >= 4 is 0 Å². The molecule has 0 unspecified atom stereocenters. The zero-order valence-electron chi connectivity index (χ0n) is 10.4. The zero-order valence-corrected chi connectivity index (χ0v) is 10.4. The van der Waals surface area contributed by atoms with E-state index in [1.165, 1.54) is 6.07 Å². The van der Waals surface area contributed by atoms with E-state index in [0.717, 1.165) is 19.6 Å². The van der Waals surface area contributed by atoms with Gasteiger partial charge < -0.3 is 14.7 Å². The van der Waals surface area contributed by atoms with E-state index < -0.39 is 5.82 Å². The number of benzene rings is 1. The summed E-state index contributed by atoms with van der Waals surface area (Å²) in [4.78, 5) is 2.21. The number of hydrogen-bond acceptors (Lipinski definition) is 3. The van der Waals surface area contributed by atoms with E-state index in [0.29, 0.717) is 12.2 Å². The fourth-order valence-corrected chi connectivity index (χ4v) is 1.58. The molecule has 1 N–H and O–H groups in total. The van der Waals surface area contributed by atoms with Gasteiger partial charge in [0.05, 0.1) is 6.61 Å². The molecule has 1 aromatic rings. The average Bonchev–Trinajstić information content (AvgIpc) is 2.36. The Morgan fingerprint density at radius 1 is 1.29 bits per heavy atom. The van der Waals surface area contributed by atoms with Crippen molar-refractivity contribution in [2.75, 3.05) is 26.2 Å². The fourth-order valence-electron chi connectivity index (χ4n) is 1.58.